The summed E-state index contributed by atoms with van der Waals surface area (Å²) < 4.78 is 0. The van der Waals surface area contributed by atoms with Crippen LogP contribution in [0.4, 0.5) is 0 Å². The van der Waals surface area contributed by atoms with Crippen LogP contribution < -0.4 is 0 Å². The number of fused-ring (bicyclic) bond motifs is 2. The first-order chi connectivity index (χ1) is 7.15. The largest absolute Gasteiger partial charge is 0.481 e. The smallest absolute Gasteiger partial charge is 0.308 e. The third kappa shape index (κ3) is 1.62. The Labute approximate surface area is 89.3 Å². The van der Waals surface area contributed by atoms with E-state index in [0.717, 1.165) is 19.3 Å². The van der Waals surface area contributed by atoms with Crippen LogP contribution >= 0.6 is 0 Å². The van der Waals surface area contributed by atoms with Gasteiger partial charge in [0.25, 0.3) is 0 Å². The van der Waals surface area contributed by atoms with Crippen molar-refractivity contribution in [2.24, 2.45) is 5.92 Å². The highest BCUT2D eigenvalue weighted by molar-refractivity contribution is 5.80. The molecule has 2 heterocycles. The van der Waals surface area contributed by atoms with Crippen molar-refractivity contribution in [1.29, 1.82) is 0 Å². The molecule has 1 amide bonds. The standard InChI is InChI=1S/C11H17NO3/c1-2-3-10(13)12-7-4-5-9(12)8(6-7)11(14)15/h7-9H,2-6H2,1H3,(H,14,15). The average Bonchev–Trinajstić information content (AvgIpc) is 2.74. The molecule has 2 bridgehead atoms. The number of amides is 1. The summed E-state index contributed by atoms with van der Waals surface area (Å²) in [6.45, 7) is 1.98. The summed E-state index contributed by atoms with van der Waals surface area (Å²) in [4.78, 5) is 24.6. The fourth-order valence-electron chi connectivity index (χ4n) is 2.99. The molecular formula is C11H17NO3. The number of aliphatic carboxylic acids is 1. The monoisotopic (exact) mass is 211 g/mol. The molecule has 0 aromatic heterocycles. The minimum Gasteiger partial charge on any atom is -0.481 e. The van der Waals surface area contributed by atoms with Gasteiger partial charge in [-0.1, -0.05) is 6.92 Å². The van der Waals surface area contributed by atoms with E-state index in [1.54, 1.807) is 0 Å². The van der Waals surface area contributed by atoms with Crippen LogP contribution in [0.1, 0.15) is 39.0 Å². The number of carboxylic acid groups (broad SMARTS) is 1. The van der Waals surface area contributed by atoms with Gasteiger partial charge in [0.2, 0.25) is 5.91 Å². The molecule has 0 saturated carbocycles. The van der Waals surface area contributed by atoms with Gasteiger partial charge >= 0.3 is 5.97 Å². The molecule has 15 heavy (non-hydrogen) atoms. The van der Waals surface area contributed by atoms with Gasteiger partial charge in [0.15, 0.2) is 0 Å². The second kappa shape index (κ2) is 3.83. The van der Waals surface area contributed by atoms with Crippen molar-refractivity contribution >= 4 is 11.9 Å². The average molecular weight is 211 g/mol. The molecule has 1 N–H and O–H groups in total. The van der Waals surface area contributed by atoms with Gasteiger partial charge in [-0.15, -0.1) is 0 Å². The van der Waals surface area contributed by atoms with Crippen LogP contribution in [0, 0.1) is 5.92 Å². The summed E-state index contributed by atoms with van der Waals surface area (Å²) in [5, 5.41) is 9.03. The molecule has 2 aliphatic rings. The van der Waals surface area contributed by atoms with Gasteiger partial charge in [-0.05, 0) is 25.7 Å². The summed E-state index contributed by atoms with van der Waals surface area (Å²) in [6, 6.07) is 0.182. The molecule has 0 aliphatic carbocycles. The second-order valence-electron chi connectivity index (χ2n) is 4.53. The van der Waals surface area contributed by atoms with Crippen LogP contribution in [0.3, 0.4) is 0 Å². The van der Waals surface area contributed by atoms with Crippen LogP contribution in [0.5, 0.6) is 0 Å². The third-order valence-electron chi connectivity index (χ3n) is 3.61. The number of carbonyl (C=O) groups excluding carboxylic acids is 1. The highest BCUT2D eigenvalue weighted by atomic mass is 16.4. The summed E-state index contributed by atoms with van der Waals surface area (Å²) in [5.74, 6) is -0.908. The van der Waals surface area contributed by atoms with Crippen molar-refractivity contribution in [3.8, 4) is 0 Å². The lowest BCUT2D eigenvalue weighted by Crippen LogP contribution is -2.37. The number of nitrogens with zero attached hydrogens (tertiary/aromatic N) is 1. The Morgan fingerprint density at radius 1 is 1.40 bits per heavy atom. The normalized spacial score (nSPS) is 33.4. The van der Waals surface area contributed by atoms with Gasteiger partial charge in [0.05, 0.1) is 5.92 Å². The lowest BCUT2D eigenvalue weighted by molar-refractivity contribution is -0.143. The molecule has 4 nitrogen and oxygen atoms in total. The number of carbonyl (C=O) groups is 2. The van der Waals surface area contributed by atoms with E-state index in [2.05, 4.69) is 0 Å². The van der Waals surface area contributed by atoms with E-state index in [1.165, 1.54) is 0 Å². The maximum atomic E-state index is 11.8. The lowest BCUT2D eigenvalue weighted by atomic mass is 9.89. The molecule has 84 valence electrons. The van der Waals surface area contributed by atoms with E-state index in [9.17, 15) is 9.59 Å². The molecule has 0 spiro atoms. The van der Waals surface area contributed by atoms with Crippen LogP contribution in [-0.4, -0.2) is 34.0 Å². The maximum absolute atomic E-state index is 11.8. The number of carboxylic acids is 1. The number of hydrogen-bond acceptors (Lipinski definition) is 2. The van der Waals surface area contributed by atoms with Gasteiger partial charge in [-0.3, -0.25) is 9.59 Å². The Hall–Kier alpha value is -1.06. The minimum atomic E-state index is -0.739. The number of rotatable bonds is 3. The topological polar surface area (TPSA) is 57.6 Å². The molecule has 2 saturated heterocycles. The Kier molecular flexibility index (Phi) is 2.67. The van der Waals surface area contributed by atoms with E-state index < -0.39 is 5.97 Å². The SMILES string of the molecule is CCCC(=O)N1C2CCC1C(C(=O)O)C2. The Balaban J connectivity index is 2.09. The first-order valence-corrected chi connectivity index (χ1v) is 5.69. The van der Waals surface area contributed by atoms with E-state index >= 15 is 0 Å². The van der Waals surface area contributed by atoms with Gasteiger partial charge in [0.1, 0.15) is 0 Å². The van der Waals surface area contributed by atoms with Crippen LogP contribution in [0.2, 0.25) is 0 Å². The van der Waals surface area contributed by atoms with E-state index in [4.69, 9.17) is 5.11 Å². The first-order valence-electron chi connectivity index (χ1n) is 5.69. The van der Waals surface area contributed by atoms with Crippen LogP contribution in [0.25, 0.3) is 0 Å². The zero-order valence-corrected chi connectivity index (χ0v) is 8.98. The van der Waals surface area contributed by atoms with Crippen LogP contribution in [-0.2, 0) is 9.59 Å². The Morgan fingerprint density at radius 2 is 2.13 bits per heavy atom. The zero-order valence-electron chi connectivity index (χ0n) is 8.98. The highest BCUT2D eigenvalue weighted by Crippen LogP contribution is 2.42. The minimum absolute atomic E-state index is 0.0217. The Bertz CT molecular complexity index is 290. The molecule has 4 heteroatoms. The molecule has 0 aromatic rings. The summed E-state index contributed by atoms with van der Waals surface area (Å²) in [5.41, 5.74) is 0. The molecule has 0 aromatic carbocycles. The summed E-state index contributed by atoms with van der Waals surface area (Å²) >= 11 is 0. The first kappa shape index (κ1) is 10.5. The predicted octanol–water partition coefficient (Wildman–Crippen LogP) is 1.25. The maximum Gasteiger partial charge on any atom is 0.308 e. The molecular weight excluding hydrogens is 194 g/mol. The predicted molar refractivity (Wildman–Crippen MR) is 54.3 cm³/mol. The van der Waals surface area contributed by atoms with Crippen molar-refractivity contribution in [3.05, 3.63) is 0 Å². The quantitative estimate of drug-likeness (QED) is 0.764. The van der Waals surface area contributed by atoms with Gasteiger partial charge < -0.3 is 10.0 Å². The number of hydrogen-bond donors (Lipinski definition) is 1. The van der Waals surface area contributed by atoms with E-state index in [1.807, 2.05) is 11.8 Å². The third-order valence-corrected chi connectivity index (χ3v) is 3.61. The molecule has 3 unspecified atom stereocenters. The van der Waals surface area contributed by atoms with Gasteiger partial charge in [-0.25, -0.2) is 0 Å². The molecule has 2 rings (SSSR count). The lowest BCUT2D eigenvalue weighted by Gasteiger charge is -2.22. The van der Waals surface area contributed by atoms with Crippen molar-refractivity contribution in [2.75, 3.05) is 0 Å². The Morgan fingerprint density at radius 3 is 2.67 bits per heavy atom. The molecule has 3 atom stereocenters. The van der Waals surface area contributed by atoms with Crippen molar-refractivity contribution < 1.29 is 14.7 Å². The van der Waals surface area contributed by atoms with Crippen LogP contribution in [0.15, 0.2) is 0 Å². The second-order valence-corrected chi connectivity index (χ2v) is 4.53. The van der Waals surface area contributed by atoms with E-state index in [-0.39, 0.29) is 23.9 Å². The zero-order chi connectivity index (χ0) is 11.0. The molecule has 2 aliphatic heterocycles. The summed E-state index contributed by atoms with van der Waals surface area (Å²) in [6.07, 6.45) is 3.92. The highest BCUT2D eigenvalue weighted by Gasteiger charge is 2.50. The van der Waals surface area contributed by atoms with Crippen molar-refractivity contribution in [1.82, 2.24) is 4.90 Å². The van der Waals surface area contributed by atoms with Gasteiger partial charge in [0, 0.05) is 18.5 Å². The molecule has 2 fully saturated rings. The molecule has 0 radical (unpaired) electrons. The van der Waals surface area contributed by atoms with Crippen molar-refractivity contribution in [3.63, 3.8) is 0 Å². The fourth-order valence-corrected chi connectivity index (χ4v) is 2.99. The van der Waals surface area contributed by atoms with E-state index in [0.29, 0.717) is 12.8 Å². The van der Waals surface area contributed by atoms with Gasteiger partial charge in [-0.2, -0.15) is 0 Å². The summed E-state index contributed by atoms with van der Waals surface area (Å²) in [7, 11) is 0. The van der Waals surface area contributed by atoms with Crippen molar-refractivity contribution in [2.45, 2.75) is 51.1 Å². The fraction of sp³-hybridized carbons (Fsp3) is 0.818.